The second-order valence-corrected chi connectivity index (χ2v) is 18.3. The smallest absolute Gasteiger partial charge is 0.246 e. The maximum Gasteiger partial charge on any atom is 0.246 e. The van der Waals surface area contributed by atoms with Crippen LogP contribution in [0.2, 0.25) is 25.7 Å². The summed E-state index contributed by atoms with van der Waals surface area (Å²) in [6.07, 6.45) is 3.51. The van der Waals surface area contributed by atoms with Crippen molar-refractivity contribution in [2.24, 2.45) is 0 Å². The number of ether oxygens (including phenoxy) is 2. The molecule has 0 N–H and O–H groups in total. The van der Waals surface area contributed by atoms with Crippen molar-refractivity contribution in [2.45, 2.75) is 44.3 Å². The second-order valence-electron chi connectivity index (χ2n) is 10.4. The fourth-order valence-corrected chi connectivity index (χ4v) is 6.61. The Morgan fingerprint density at radius 1 is 1.05 bits per heavy atom. The highest BCUT2D eigenvalue weighted by molar-refractivity contribution is 7.93. The molecule has 14 heteroatoms. The molecule has 3 heterocycles. The second kappa shape index (κ2) is 11.8. The molecule has 4 rings (SSSR count). The van der Waals surface area contributed by atoms with Crippen LogP contribution in [-0.4, -0.2) is 67.2 Å². The molecule has 0 aliphatic carbocycles. The summed E-state index contributed by atoms with van der Waals surface area (Å²) in [5, 5.41) is 7.79. The SMILES string of the molecule is COc1cccc(OC)c1-n1c(-c2ccco2)nnc1N(CC[Si](C)(C)C)S(=O)(=O)[C@H](C)Cc1ncc(F)cn1. The molecule has 0 unspecified atom stereocenters. The van der Waals surface area contributed by atoms with Crippen LogP contribution in [0.15, 0.2) is 53.4 Å². The van der Waals surface area contributed by atoms with E-state index in [2.05, 4.69) is 39.8 Å². The van der Waals surface area contributed by atoms with E-state index in [1.807, 2.05) is 0 Å². The van der Waals surface area contributed by atoms with Crippen molar-refractivity contribution in [3.8, 4) is 28.8 Å². The zero-order valence-electron chi connectivity index (χ0n) is 23.3. The van der Waals surface area contributed by atoms with Crippen LogP contribution in [0, 0.1) is 5.82 Å². The third kappa shape index (κ3) is 6.17. The highest BCUT2D eigenvalue weighted by Gasteiger charge is 2.36. The summed E-state index contributed by atoms with van der Waals surface area (Å²) in [5.41, 5.74) is 0.418. The van der Waals surface area contributed by atoms with E-state index in [1.165, 1.54) is 24.8 Å². The predicted octanol–water partition coefficient (Wildman–Crippen LogP) is 4.58. The quantitative estimate of drug-likeness (QED) is 0.219. The lowest BCUT2D eigenvalue weighted by Crippen LogP contribution is -2.42. The molecule has 0 bridgehead atoms. The molecular formula is C26H33FN6O5SSi. The van der Waals surface area contributed by atoms with Crippen molar-refractivity contribution < 1.29 is 26.7 Å². The van der Waals surface area contributed by atoms with E-state index < -0.39 is 29.2 Å². The molecule has 0 fully saturated rings. The van der Waals surface area contributed by atoms with Crippen LogP contribution in [-0.2, 0) is 16.4 Å². The van der Waals surface area contributed by atoms with Gasteiger partial charge in [-0.15, -0.1) is 10.2 Å². The summed E-state index contributed by atoms with van der Waals surface area (Å²) < 4.78 is 61.7. The Bertz CT molecular complexity index is 1520. The van der Waals surface area contributed by atoms with Gasteiger partial charge in [0.2, 0.25) is 21.8 Å². The van der Waals surface area contributed by atoms with Crippen molar-refractivity contribution in [3.05, 3.63) is 60.6 Å². The number of anilines is 1. The first kappa shape index (κ1) is 29.2. The number of nitrogens with zero attached hydrogens (tertiary/aromatic N) is 6. The lowest BCUT2D eigenvalue weighted by molar-refractivity contribution is 0.391. The largest absolute Gasteiger partial charge is 0.494 e. The van der Waals surface area contributed by atoms with Gasteiger partial charge in [-0.2, -0.15) is 0 Å². The number of hydrogen-bond acceptors (Lipinski definition) is 9. The van der Waals surface area contributed by atoms with Gasteiger partial charge in [-0.25, -0.2) is 27.1 Å². The number of halogens is 1. The zero-order chi connectivity index (χ0) is 29.1. The van der Waals surface area contributed by atoms with E-state index in [9.17, 15) is 12.8 Å². The van der Waals surface area contributed by atoms with Gasteiger partial charge in [-0.1, -0.05) is 25.7 Å². The minimum atomic E-state index is -4.06. The topological polar surface area (TPSA) is 125 Å². The van der Waals surface area contributed by atoms with Crippen molar-refractivity contribution in [1.29, 1.82) is 0 Å². The molecule has 4 aromatic rings. The van der Waals surface area contributed by atoms with Gasteiger partial charge in [0.15, 0.2) is 11.6 Å². The Balaban J connectivity index is 1.92. The van der Waals surface area contributed by atoms with Crippen LogP contribution in [0.3, 0.4) is 0 Å². The minimum Gasteiger partial charge on any atom is -0.494 e. The molecule has 0 radical (unpaired) electrons. The van der Waals surface area contributed by atoms with Crippen LogP contribution in [0.4, 0.5) is 10.3 Å². The molecule has 3 aromatic heterocycles. The van der Waals surface area contributed by atoms with Gasteiger partial charge in [0.25, 0.3) is 0 Å². The number of aromatic nitrogens is 5. The zero-order valence-corrected chi connectivity index (χ0v) is 25.1. The number of furan rings is 1. The number of benzene rings is 1. The van der Waals surface area contributed by atoms with Crippen molar-refractivity contribution >= 4 is 24.0 Å². The Labute approximate surface area is 234 Å². The average molecular weight is 589 g/mol. The average Bonchev–Trinajstić information content (AvgIpc) is 3.59. The van der Waals surface area contributed by atoms with Gasteiger partial charge in [0.1, 0.15) is 23.0 Å². The minimum absolute atomic E-state index is 0.0246. The molecule has 0 saturated heterocycles. The number of hydrogen-bond donors (Lipinski definition) is 0. The molecule has 0 aliphatic heterocycles. The van der Waals surface area contributed by atoms with E-state index in [0.29, 0.717) is 29.0 Å². The summed E-state index contributed by atoms with van der Waals surface area (Å²) in [4.78, 5) is 7.91. The molecule has 0 aliphatic rings. The van der Waals surface area contributed by atoms with E-state index in [1.54, 1.807) is 41.8 Å². The number of para-hydroxylation sites is 1. The lowest BCUT2D eigenvalue weighted by atomic mass is 10.2. The Hall–Kier alpha value is -3.78. The molecule has 1 aromatic carbocycles. The van der Waals surface area contributed by atoms with Crippen LogP contribution in [0.25, 0.3) is 17.3 Å². The van der Waals surface area contributed by atoms with Crippen LogP contribution in [0.1, 0.15) is 12.7 Å². The van der Waals surface area contributed by atoms with Gasteiger partial charge in [0, 0.05) is 21.0 Å². The summed E-state index contributed by atoms with van der Waals surface area (Å²) in [5.74, 6) is 1.16. The number of methoxy groups -OCH3 is 2. The van der Waals surface area contributed by atoms with Crippen LogP contribution >= 0.6 is 0 Å². The maximum absolute atomic E-state index is 14.3. The summed E-state index contributed by atoms with van der Waals surface area (Å²) >= 11 is 0. The van der Waals surface area contributed by atoms with Crippen LogP contribution < -0.4 is 13.8 Å². The van der Waals surface area contributed by atoms with Gasteiger partial charge < -0.3 is 13.9 Å². The molecule has 214 valence electrons. The Morgan fingerprint density at radius 2 is 1.70 bits per heavy atom. The van der Waals surface area contributed by atoms with Crippen LogP contribution in [0.5, 0.6) is 11.5 Å². The Kier molecular flexibility index (Phi) is 8.59. The first-order valence-electron chi connectivity index (χ1n) is 12.6. The van der Waals surface area contributed by atoms with Gasteiger partial charge >= 0.3 is 0 Å². The van der Waals surface area contributed by atoms with Gasteiger partial charge in [-0.05, 0) is 37.2 Å². The van der Waals surface area contributed by atoms with E-state index >= 15 is 0 Å². The molecule has 0 amide bonds. The summed E-state index contributed by atoms with van der Waals surface area (Å²) in [6.45, 7) is 8.23. The first-order chi connectivity index (χ1) is 19.0. The molecular weight excluding hydrogens is 555 g/mol. The maximum atomic E-state index is 14.3. The summed E-state index contributed by atoms with van der Waals surface area (Å²) in [7, 11) is -2.76. The highest BCUT2D eigenvalue weighted by Crippen LogP contribution is 2.39. The molecule has 0 saturated carbocycles. The van der Waals surface area contributed by atoms with E-state index in [-0.39, 0.29) is 30.6 Å². The molecule has 11 nitrogen and oxygen atoms in total. The lowest BCUT2D eigenvalue weighted by Gasteiger charge is -2.29. The van der Waals surface area contributed by atoms with Crippen molar-refractivity contribution in [3.63, 3.8) is 0 Å². The number of rotatable bonds is 12. The fraction of sp³-hybridized carbons (Fsp3) is 0.385. The molecule has 40 heavy (non-hydrogen) atoms. The summed E-state index contributed by atoms with van der Waals surface area (Å²) in [6, 6.07) is 9.31. The first-order valence-corrected chi connectivity index (χ1v) is 17.9. The monoisotopic (exact) mass is 588 g/mol. The highest BCUT2D eigenvalue weighted by atomic mass is 32.2. The Morgan fingerprint density at radius 3 is 2.25 bits per heavy atom. The van der Waals surface area contributed by atoms with Crippen molar-refractivity contribution in [1.82, 2.24) is 24.7 Å². The molecule has 1 atom stereocenters. The predicted molar refractivity (Wildman–Crippen MR) is 152 cm³/mol. The third-order valence-electron chi connectivity index (χ3n) is 6.26. The van der Waals surface area contributed by atoms with E-state index in [0.717, 1.165) is 12.4 Å². The van der Waals surface area contributed by atoms with Gasteiger partial charge in [0.05, 0.1) is 38.1 Å². The molecule has 0 spiro atoms. The number of sulfonamides is 1. The fourth-order valence-electron chi connectivity index (χ4n) is 4.06. The van der Waals surface area contributed by atoms with Crippen molar-refractivity contribution in [2.75, 3.05) is 25.1 Å². The third-order valence-corrected chi connectivity index (χ3v) is 10.1. The van der Waals surface area contributed by atoms with E-state index in [4.69, 9.17) is 13.9 Å². The standard InChI is InChI=1S/C26H33FN6O5SSi/c1-18(15-23-28-16-19(27)17-29-23)39(34,35)32(12-14-40(4,5)6)26-31-30-25(22-11-8-13-38-22)33(26)24-20(36-2)9-7-10-21(24)37-3/h7-11,13,16-18H,12,14-15H2,1-6H3/t18-/m1/s1. The normalized spacial score (nSPS) is 12.8. The van der Waals surface area contributed by atoms with Gasteiger partial charge in [-0.3, -0.25) is 4.57 Å².